The Bertz CT molecular complexity index is 1000. The number of aliphatic hydroxyl groups excluding tert-OH is 1. The van der Waals surface area contributed by atoms with Crippen molar-refractivity contribution in [2.75, 3.05) is 35.1 Å². The van der Waals surface area contributed by atoms with Crippen LogP contribution in [-0.2, 0) is 16.4 Å². The normalized spacial score (nSPS) is 15.0. The Morgan fingerprint density at radius 1 is 1.16 bits per heavy atom. The quantitative estimate of drug-likeness (QED) is 0.279. The number of anilines is 2. The fourth-order valence-corrected chi connectivity index (χ4v) is 4.49. The van der Waals surface area contributed by atoms with Crippen LogP contribution in [-0.4, -0.2) is 44.9 Å². The maximum absolute atomic E-state index is 12.3. The van der Waals surface area contributed by atoms with E-state index in [1.54, 1.807) is 25.1 Å². The molecule has 9 heteroatoms. The molecule has 0 atom stereocenters. The number of carbonyl (C=O) groups is 1. The first-order chi connectivity index (χ1) is 14.9. The Hall–Kier alpha value is -2.62. The maximum Gasteiger partial charge on any atom is 0.265 e. The van der Waals surface area contributed by atoms with E-state index in [2.05, 4.69) is 15.0 Å². The lowest BCUT2D eigenvalue weighted by Crippen LogP contribution is -2.36. The van der Waals surface area contributed by atoms with Crippen LogP contribution < -0.4 is 20.9 Å². The van der Waals surface area contributed by atoms with Crippen molar-refractivity contribution in [2.24, 2.45) is 11.8 Å². The van der Waals surface area contributed by atoms with Gasteiger partial charge >= 0.3 is 0 Å². The Balaban J connectivity index is 1.94. The van der Waals surface area contributed by atoms with Crippen molar-refractivity contribution < 1.29 is 18.3 Å². The number of amides is 1. The summed E-state index contributed by atoms with van der Waals surface area (Å²) in [6.45, 7) is 3.28. The minimum absolute atomic E-state index is 0.00603. The Labute approximate surface area is 183 Å². The van der Waals surface area contributed by atoms with Crippen molar-refractivity contribution in [1.29, 1.82) is 0 Å². The minimum Gasteiger partial charge on any atom is -0.396 e. The SMILES string of the molecule is CCS(=O)(=O)Nc1cccc(Cc2ccc(C(=O)NN)cc2)c1N1CCC(CO)CC1. The van der Waals surface area contributed by atoms with Gasteiger partial charge in [-0.25, -0.2) is 14.3 Å². The number of nitrogens with one attached hydrogen (secondary N) is 2. The number of carbonyl (C=O) groups excluding carboxylic acids is 1. The van der Waals surface area contributed by atoms with Crippen LogP contribution in [0.1, 0.15) is 41.3 Å². The number of hydrogen-bond acceptors (Lipinski definition) is 6. The second-order valence-electron chi connectivity index (χ2n) is 7.78. The lowest BCUT2D eigenvalue weighted by atomic mass is 9.95. The van der Waals surface area contributed by atoms with Gasteiger partial charge < -0.3 is 10.0 Å². The van der Waals surface area contributed by atoms with E-state index in [9.17, 15) is 18.3 Å². The number of nitrogens with zero attached hydrogens (tertiary/aromatic N) is 1. The molecule has 1 saturated heterocycles. The van der Waals surface area contributed by atoms with E-state index >= 15 is 0 Å². The fraction of sp³-hybridized carbons (Fsp3) is 0.409. The third-order valence-electron chi connectivity index (χ3n) is 5.70. The second kappa shape index (κ2) is 10.1. The van der Waals surface area contributed by atoms with Crippen LogP contribution in [0.15, 0.2) is 42.5 Å². The number of rotatable bonds is 8. The second-order valence-corrected chi connectivity index (χ2v) is 9.79. The lowest BCUT2D eigenvalue weighted by molar-refractivity contribution is 0.0953. The average molecular weight is 447 g/mol. The molecule has 0 bridgehead atoms. The van der Waals surface area contributed by atoms with Gasteiger partial charge in [0.1, 0.15) is 0 Å². The molecular formula is C22H30N4O4S. The van der Waals surface area contributed by atoms with Gasteiger partial charge in [0.05, 0.1) is 17.1 Å². The molecule has 1 fully saturated rings. The molecule has 168 valence electrons. The molecule has 1 aliphatic rings. The first-order valence-electron chi connectivity index (χ1n) is 10.4. The molecule has 31 heavy (non-hydrogen) atoms. The Morgan fingerprint density at radius 2 is 1.84 bits per heavy atom. The Kier molecular flexibility index (Phi) is 7.53. The number of hydrogen-bond donors (Lipinski definition) is 4. The Morgan fingerprint density at radius 3 is 2.42 bits per heavy atom. The molecule has 0 spiro atoms. The standard InChI is InChI=1S/C22H30N4O4S/c1-2-31(29,30)25-20-5-3-4-19(21(20)26-12-10-17(15-27)11-13-26)14-16-6-8-18(9-7-16)22(28)24-23/h3-9,17,25,27H,2,10-15,23H2,1H3,(H,24,28). The fourth-order valence-electron chi connectivity index (χ4n) is 3.85. The molecule has 2 aromatic rings. The topological polar surface area (TPSA) is 125 Å². The molecule has 0 unspecified atom stereocenters. The zero-order chi connectivity index (χ0) is 22.4. The van der Waals surface area contributed by atoms with Crippen LogP contribution in [0.25, 0.3) is 0 Å². The van der Waals surface area contributed by atoms with Crippen LogP contribution in [0.2, 0.25) is 0 Å². The zero-order valence-corrected chi connectivity index (χ0v) is 18.5. The smallest absolute Gasteiger partial charge is 0.265 e. The number of para-hydroxylation sites is 1. The van der Waals surface area contributed by atoms with Gasteiger partial charge in [0, 0.05) is 25.3 Å². The van der Waals surface area contributed by atoms with Crippen molar-refractivity contribution in [3.63, 3.8) is 0 Å². The number of nitrogens with two attached hydrogens (primary N) is 1. The molecule has 5 N–H and O–H groups in total. The molecule has 1 amide bonds. The molecule has 8 nitrogen and oxygen atoms in total. The molecular weight excluding hydrogens is 416 g/mol. The molecule has 0 radical (unpaired) electrons. The molecule has 0 saturated carbocycles. The summed E-state index contributed by atoms with van der Waals surface area (Å²) in [5.74, 6) is 5.11. The van der Waals surface area contributed by atoms with Crippen molar-refractivity contribution in [2.45, 2.75) is 26.2 Å². The summed E-state index contributed by atoms with van der Waals surface area (Å²) in [5, 5.41) is 9.47. The number of piperidine rings is 1. The van der Waals surface area contributed by atoms with Gasteiger partial charge in [0.15, 0.2) is 0 Å². The first-order valence-corrected chi connectivity index (χ1v) is 12.1. The van der Waals surface area contributed by atoms with Crippen molar-refractivity contribution in [3.8, 4) is 0 Å². The van der Waals surface area contributed by atoms with Crippen molar-refractivity contribution in [1.82, 2.24) is 5.43 Å². The van der Waals surface area contributed by atoms with Gasteiger partial charge in [0.25, 0.3) is 5.91 Å². The number of nitrogen functional groups attached to an aromatic ring is 1. The van der Waals surface area contributed by atoms with E-state index in [0.29, 0.717) is 17.7 Å². The summed E-state index contributed by atoms with van der Waals surface area (Å²) in [7, 11) is -3.43. The van der Waals surface area contributed by atoms with Crippen LogP contribution in [0.5, 0.6) is 0 Å². The number of sulfonamides is 1. The highest BCUT2D eigenvalue weighted by Gasteiger charge is 2.24. The van der Waals surface area contributed by atoms with Crippen LogP contribution in [0.4, 0.5) is 11.4 Å². The predicted octanol–water partition coefficient (Wildman–Crippen LogP) is 1.85. The van der Waals surface area contributed by atoms with E-state index in [1.165, 1.54) is 0 Å². The highest BCUT2D eigenvalue weighted by molar-refractivity contribution is 7.92. The van der Waals surface area contributed by atoms with E-state index in [1.807, 2.05) is 24.3 Å². The monoisotopic (exact) mass is 446 g/mol. The first kappa shape index (κ1) is 23.1. The summed E-state index contributed by atoms with van der Waals surface area (Å²) >= 11 is 0. The molecule has 1 aliphatic heterocycles. The summed E-state index contributed by atoms with van der Waals surface area (Å²) in [4.78, 5) is 13.9. The summed E-state index contributed by atoms with van der Waals surface area (Å²) in [5.41, 5.74) is 6.03. The van der Waals surface area contributed by atoms with E-state index in [0.717, 1.165) is 42.7 Å². The van der Waals surface area contributed by atoms with Crippen LogP contribution in [0.3, 0.4) is 0 Å². The predicted molar refractivity (Wildman–Crippen MR) is 122 cm³/mol. The zero-order valence-electron chi connectivity index (χ0n) is 17.7. The van der Waals surface area contributed by atoms with Gasteiger partial charge in [-0.3, -0.25) is 14.9 Å². The van der Waals surface area contributed by atoms with Crippen LogP contribution in [0, 0.1) is 5.92 Å². The van der Waals surface area contributed by atoms with Crippen LogP contribution >= 0.6 is 0 Å². The van der Waals surface area contributed by atoms with Gasteiger partial charge in [0.2, 0.25) is 10.0 Å². The highest BCUT2D eigenvalue weighted by atomic mass is 32.2. The molecule has 3 rings (SSSR count). The third kappa shape index (κ3) is 5.75. The van der Waals surface area contributed by atoms with Gasteiger partial charge in [-0.2, -0.15) is 0 Å². The van der Waals surface area contributed by atoms with E-state index in [4.69, 9.17) is 5.84 Å². The van der Waals surface area contributed by atoms with Gasteiger partial charge in [-0.05, 0) is 61.4 Å². The minimum atomic E-state index is -3.43. The van der Waals surface area contributed by atoms with Gasteiger partial charge in [-0.15, -0.1) is 0 Å². The number of benzene rings is 2. The number of aliphatic hydroxyl groups is 1. The summed E-state index contributed by atoms with van der Waals surface area (Å²) in [6, 6.07) is 12.8. The van der Waals surface area contributed by atoms with Crippen molar-refractivity contribution in [3.05, 3.63) is 59.2 Å². The maximum atomic E-state index is 12.3. The van der Waals surface area contributed by atoms with Crippen molar-refractivity contribution >= 4 is 27.3 Å². The van der Waals surface area contributed by atoms with E-state index < -0.39 is 10.0 Å². The third-order valence-corrected chi connectivity index (χ3v) is 6.99. The largest absolute Gasteiger partial charge is 0.396 e. The highest BCUT2D eigenvalue weighted by Crippen LogP contribution is 2.35. The number of hydrazine groups is 1. The van der Waals surface area contributed by atoms with E-state index in [-0.39, 0.29) is 24.2 Å². The summed E-state index contributed by atoms with van der Waals surface area (Å²) in [6.07, 6.45) is 2.29. The average Bonchev–Trinajstić information content (AvgIpc) is 2.79. The molecule has 0 aromatic heterocycles. The molecule has 1 heterocycles. The summed E-state index contributed by atoms with van der Waals surface area (Å²) < 4.78 is 27.3. The molecule has 0 aliphatic carbocycles. The van der Waals surface area contributed by atoms with Gasteiger partial charge in [-0.1, -0.05) is 24.3 Å². The molecule has 2 aromatic carbocycles. The lowest BCUT2D eigenvalue weighted by Gasteiger charge is -2.35.